The van der Waals surface area contributed by atoms with Gasteiger partial charge in [-0.1, -0.05) is 0 Å². The number of hydrogen-bond donors (Lipinski definition) is 3. The third-order valence-corrected chi connectivity index (χ3v) is 5.34. The molecule has 33 heavy (non-hydrogen) atoms. The monoisotopic (exact) mass is 457 g/mol. The fraction of sp³-hybridized carbons (Fsp3) is 0.273. The van der Waals surface area contributed by atoms with Crippen LogP contribution >= 0.6 is 0 Å². The zero-order chi connectivity index (χ0) is 23.6. The Morgan fingerprint density at radius 3 is 2.76 bits per heavy atom. The van der Waals surface area contributed by atoms with Crippen molar-refractivity contribution in [2.75, 3.05) is 29.0 Å². The van der Waals surface area contributed by atoms with Crippen molar-refractivity contribution < 1.29 is 18.0 Å². The molecule has 4 heterocycles. The van der Waals surface area contributed by atoms with Gasteiger partial charge < -0.3 is 21.7 Å². The van der Waals surface area contributed by atoms with Crippen LogP contribution in [0.1, 0.15) is 28.9 Å². The average molecular weight is 457 g/mol. The highest BCUT2D eigenvalue weighted by molar-refractivity contribution is 6.07. The quantitative estimate of drug-likeness (QED) is 0.549. The van der Waals surface area contributed by atoms with Crippen molar-refractivity contribution >= 4 is 23.0 Å². The average Bonchev–Trinajstić information content (AvgIpc) is 2.79. The van der Waals surface area contributed by atoms with Crippen molar-refractivity contribution in [3.8, 4) is 11.4 Å². The number of aromatic nitrogens is 3. The van der Waals surface area contributed by atoms with Crippen molar-refractivity contribution in [2.24, 2.45) is 5.73 Å². The fourth-order valence-corrected chi connectivity index (χ4v) is 3.79. The first-order valence-electron chi connectivity index (χ1n) is 10.3. The molecule has 0 aromatic carbocycles. The zero-order valence-electron chi connectivity index (χ0n) is 17.5. The lowest BCUT2D eigenvalue weighted by atomic mass is 10.1. The Hall–Kier alpha value is -3.73. The van der Waals surface area contributed by atoms with Gasteiger partial charge in [-0.3, -0.25) is 14.8 Å². The Labute approximate surface area is 187 Å². The summed E-state index contributed by atoms with van der Waals surface area (Å²) in [6.45, 7) is 1.40. The van der Waals surface area contributed by atoms with E-state index in [-0.39, 0.29) is 28.8 Å². The molecule has 0 bridgehead atoms. The van der Waals surface area contributed by atoms with Gasteiger partial charge in [0.25, 0.3) is 5.91 Å². The maximum atomic E-state index is 13.4. The van der Waals surface area contributed by atoms with Crippen molar-refractivity contribution in [2.45, 2.75) is 25.1 Å². The first-order valence-corrected chi connectivity index (χ1v) is 10.3. The van der Waals surface area contributed by atoms with Crippen molar-refractivity contribution in [1.29, 1.82) is 0 Å². The Kier molecular flexibility index (Phi) is 6.14. The number of carbonyl (C=O) groups excluding carboxylic acids is 1. The molecule has 1 atom stereocenters. The Morgan fingerprint density at radius 2 is 2.00 bits per heavy atom. The molecule has 0 saturated carbocycles. The smallest absolute Gasteiger partial charge is 0.397 e. The second kappa shape index (κ2) is 9.02. The summed E-state index contributed by atoms with van der Waals surface area (Å²) in [5, 5.41) is 2.73. The van der Waals surface area contributed by atoms with Crippen LogP contribution in [0.3, 0.4) is 0 Å². The van der Waals surface area contributed by atoms with E-state index in [0.29, 0.717) is 12.2 Å². The van der Waals surface area contributed by atoms with Crippen LogP contribution in [0.25, 0.3) is 11.4 Å². The van der Waals surface area contributed by atoms with Crippen LogP contribution < -0.4 is 21.7 Å². The summed E-state index contributed by atoms with van der Waals surface area (Å²) < 4.78 is 40.2. The van der Waals surface area contributed by atoms with E-state index in [4.69, 9.17) is 11.5 Å². The van der Waals surface area contributed by atoms with Crippen LogP contribution in [0.15, 0.2) is 48.9 Å². The number of rotatable bonds is 4. The molecule has 11 heteroatoms. The molecule has 172 valence electrons. The van der Waals surface area contributed by atoms with E-state index in [1.54, 1.807) is 12.3 Å². The number of carbonyl (C=O) groups is 1. The van der Waals surface area contributed by atoms with Gasteiger partial charge in [0.05, 0.1) is 34.5 Å². The minimum absolute atomic E-state index is 0.0191. The number of hydrogen-bond acceptors (Lipinski definition) is 7. The van der Waals surface area contributed by atoms with Gasteiger partial charge >= 0.3 is 6.18 Å². The van der Waals surface area contributed by atoms with Crippen LogP contribution in [0.5, 0.6) is 0 Å². The van der Waals surface area contributed by atoms with Crippen molar-refractivity contribution in [3.05, 3.63) is 60.2 Å². The van der Waals surface area contributed by atoms with E-state index in [0.717, 1.165) is 31.1 Å². The first-order chi connectivity index (χ1) is 15.7. The lowest BCUT2D eigenvalue weighted by Gasteiger charge is -2.33. The normalized spacial score (nSPS) is 16.5. The number of alkyl halides is 3. The SMILES string of the molecule is Nc1ccc(-c2ncccc2C(F)(F)F)nc1C(=O)Nc1cnccc1N1CCCC(N)C1. The molecule has 3 aromatic rings. The molecule has 1 aliphatic heterocycles. The lowest BCUT2D eigenvalue weighted by Crippen LogP contribution is -2.43. The molecule has 8 nitrogen and oxygen atoms in total. The van der Waals surface area contributed by atoms with Gasteiger partial charge in [-0.05, 0) is 43.2 Å². The summed E-state index contributed by atoms with van der Waals surface area (Å²) >= 11 is 0. The van der Waals surface area contributed by atoms with Gasteiger partial charge in [0.15, 0.2) is 5.69 Å². The van der Waals surface area contributed by atoms with Gasteiger partial charge in [-0.25, -0.2) is 4.98 Å². The number of amides is 1. The lowest BCUT2D eigenvalue weighted by molar-refractivity contribution is -0.137. The molecule has 0 spiro atoms. The highest BCUT2D eigenvalue weighted by atomic mass is 19.4. The van der Waals surface area contributed by atoms with Gasteiger partial charge in [0.1, 0.15) is 5.69 Å². The minimum Gasteiger partial charge on any atom is -0.397 e. The molecule has 3 aromatic heterocycles. The number of piperidine rings is 1. The maximum Gasteiger partial charge on any atom is 0.418 e. The van der Waals surface area contributed by atoms with E-state index in [1.807, 2.05) is 0 Å². The van der Waals surface area contributed by atoms with Crippen molar-refractivity contribution in [3.63, 3.8) is 0 Å². The summed E-state index contributed by atoms with van der Waals surface area (Å²) in [5.41, 5.74) is 11.5. The molecule has 1 amide bonds. The third-order valence-electron chi connectivity index (χ3n) is 5.34. The standard InChI is InChI=1S/C22H22F3N7O/c23-22(24,25)14-4-1-8-29-19(14)16-6-5-15(27)20(30-16)21(33)31-17-11-28-9-7-18(17)32-10-2-3-13(26)12-32/h1,4-9,11,13H,2-3,10,12,26-27H2,(H,31,33). The number of nitrogens with zero attached hydrogens (tertiary/aromatic N) is 4. The molecule has 1 saturated heterocycles. The van der Waals surface area contributed by atoms with Crippen LogP contribution in [0.2, 0.25) is 0 Å². The minimum atomic E-state index is -4.63. The largest absolute Gasteiger partial charge is 0.418 e. The maximum absolute atomic E-state index is 13.4. The Morgan fingerprint density at radius 1 is 1.18 bits per heavy atom. The van der Waals surface area contributed by atoms with E-state index >= 15 is 0 Å². The van der Waals surface area contributed by atoms with E-state index < -0.39 is 17.6 Å². The molecule has 0 radical (unpaired) electrons. The number of pyridine rings is 3. The van der Waals surface area contributed by atoms with Crippen LogP contribution in [0, 0.1) is 0 Å². The van der Waals surface area contributed by atoms with Crippen LogP contribution in [0.4, 0.5) is 30.2 Å². The second-order valence-corrected chi connectivity index (χ2v) is 7.73. The van der Waals surface area contributed by atoms with E-state index in [1.165, 1.54) is 30.6 Å². The highest BCUT2D eigenvalue weighted by Crippen LogP contribution is 2.35. The highest BCUT2D eigenvalue weighted by Gasteiger charge is 2.35. The summed E-state index contributed by atoms with van der Waals surface area (Å²) in [7, 11) is 0. The number of anilines is 3. The molecule has 4 rings (SSSR count). The van der Waals surface area contributed by atoms with Crippen molar-refractivity contribution in [1.82, 2.24) is 15.0 Å². The Bertz CT molecular complexity index is 1170. The summed E-state index contributed by atoms with van der Waals surface area (Å²) in [6, 6.07) is 6.52. The van der Waals surface area contributed by atoms with Gasteiger partial charge in [-0.15, -0.1) is 0 Å². The molecule has 0 aliphatic carbocycles. The van der Waals surface area contributed by atoms with Gasteiger partial charge in [0.2, 0.25) is 0 Å². The predicted molar refractivity (Wildman–Crippen MR) is 118 cm³/mol. The van der Waals surface area contributed by atoms with Crippen LogP contribution in [-0.2, 0) is 6.18 Å². The number of nitrogens with two attached hydrogens (primary N) is 2. The van der Waals surface area contributed by atoms with Crippen LogP contribution in [-0.4, -0.2) is 40.0 Å². The number of halogens is 3. The summed E-state index contributed by atoms with van der Waals surface area (Å²) in [6.07, 6.45) is 1.54. The zero-order valence-corrected chi connectivity index (χ0v) is 17.5. The second-order valence-electron chi connectivity index (χ2n) is 7.73. The van der Waals surface area contributed by atoms with Gasteiger partial charge in [0, 0.05) is 31.5 Å². The molecule has 1 unspecified atom stereocenters. The predicted octanol–water partition coefficient (Wildman–Crippen LogP) is 3.32. The topological polar surface area (TPSA) is 123 Å². The first kappa shape index (κ1) is 22.5. The molecule has 5 N–H and O–H groups in total. The van der Waals surface area contributed by atoms with E-state index in [2.05, 4.69) is 25.2 Å². The molecule has 1 fully saturated rings. The summed E-state index contributed by atoms with van der Waals surface area (Å²) in [5.74, 6) is -0.672. The third kappa shape index (κ3) is 4.87. The van der Waals surface area contributed by atoms with E-state index in [9.17, 15) is 18.0 Å². The number of nitrogen functional groups attached to an aromatic ring is 1. The Balaban J connectivity index is 1.65. The van der Waals surface area contributed by atoms with Gasteiger partial charge in [-0.2, -0.15) is 13.2 Å². The fourth-order valence-electron chi connectivity index (χ4n) is 3.79. The number of nitrogens with one attached hydrogen (secondary N) is 1. The molecular weight excluding hydrogens is 435 g/mol. The molecule has 1 aliphatic rings. The molecular formula is C22H22F3N7O. The summed E-state index contributed by atoms with van der Waals surface area (Å²) in [4.78, 5) is 27.1.